The largest absolute Gasteiger partial charge is 0.484 e. The zero-order chi connectivity index (χ0) is 14.2. The number of nitrogens with zero attached hydrogens (tertiary/aromatic N) is 2. The van der Waals surface area contributed by atoms with E-state index in [1.54, 1.807) is 0 Å². The standard InChI is InChI=1S/C14H16N2O4/c17-14(18)9-5-4-8-12-15-16-13(20-12)10-19-11-6-2-1-3-7-11/h1-3,6-7H,4-5,8-10H2,(H,17,18). The lowest BCUT2D eigenvalue weighted by Crippen LogP contribution is -1.95. The molecule has 0 aliphatic rings. The van der Waals surface area contributed by atoms with Gasteiger partial charge in [-0.2, -0.15) is 0 Å². The zero-order valence-corrected chi connectivity index (χ0v) is 11.0. The molecule has 20 heavy (non-hydrogen) atoms. The van der Waals surface area contributed by atoms with Crippen molar-refractivity contribution in [1.82, 2.24) is 10.2 Å². The number of unbranched alkanes of at least 4 members (excludes halogenated alkanes) is 1. The van der Waals surface area contributed by atoms with E-state index in [0.717, 1.165) is 5.75 Å². The third-order valence-electron chi connectivity index (χ3n) is 2.65. The summed E-state index contributed by atoms with van der Waals surface area (Å²) < 4.78 is 10.9. The summed E-state index contributed by atoms with van der Waals surface area (Å²) in [6.07, 6.45) is 2.07. The van der Waals surface area contributed by atoms with Gasteiger partial charge < -0.3 is 14.3 Å². The second-order valence-corrected chi connectivity index (χ2v) is 4.29. The van der Waals surface area contributed by atoms with Crippen molar-refractivity contribution < 1.29 is 19.1 Å². The van der Waals surface area contributed by atoms with Crippen molar-refractivity contribution >= 4 is 5.97 Å². The van der Waals surface area contributed by atoms with Crippen molar-refractivity contribution in [2.24, 2.45) is 0 Å². The molecule has 106 valence electrons. The third-order valence-corrected chi connectivity index (χ3v) is 2.65. The van der Waals surface area contributed by atoms with Crippen LogP contribution >= 0.6 is 0 Å². The quantitative estimate of drug-likeness (QED) is 0.745. The minimum atomic E-state index is -0.785. The van der Waals surface area contributed by atoms with Crippen LogP contribution in [0.2, 0.25) is 0 Å². The fourth-order valence-corrected chi connectivity index (χ4v) is 1.66. The summed E-state index contributed by atoms with van der Waals surface area (Å²) in [5.41, 5.74) is 0. The predicted octanol–water partition coefficient (Wildman–Crippen LogP) is 2.45. The summed E-state index contributed by atoms with van der Waals surface area (Å²) in [6, 6.07) is 9.38. The molecule has 0 unspecified atom stereocenters. The van der Waals surface area contributed by atoms with E-state index in [9.17, 15) is 4.79 Å². The predicted molar refractivity (Wildman–Crippen MR) is 70.3 cm³/mol. The van der Waals surface area contributed by atoms with Gasteiger partial charge >= 0.3 is 5.97 Å². The fraction of sp³-hybridized carbons (Fsp3) is 0.357. The first-order valence-corrected chi connectivity index (χ1v) is 6.45. The summed E-state index contributed by atoms with van der Waals surface area (Å²) in [4.78, 5) is 10.4. The Morgan fingerprint density at radius 2 is 1.90 bits per heavy atom. The second kappa shape index (κ2) is 7.28. The lowest BCUT2D eigenvalue weighted by molar-refractivity contribution is -0.137. The van der Waals surface area contributed by atoms with E-state index in [4.69, 9.17) is 14.3 Å². The number of aromatic nitrogens is 2. The molecule has 2 rings (SSSR count). The van der Waals surface area contributed by atoms with Gasteiger partial charge in [-0.15, -0.1) is 10.2 Å². The Bertz CT molecular complexity index is 539. The molecule has 0 bridgehead atoms. The van der Waals surface area contributed by atoms with E-state index in [2.05, 4.69) is 10.2 Å². The van der Waals surface area contributed by atoms with Crippen molar-refractivity contribution in [1.29, 1.82) is 0 Å². The SMILES string of the molecule is O=C(O)CCCCc1nnc(COc2ccccc2)o1. The summed E-state index contributed by atoms with van der Waals surface area (Å²) in [5.74, 6) is 0.894. The topological polar surface area (TPSA) is 85.5 Å². The number of benzene rings is 1. The lowest BCUT2D eigenvalue weighted by Gasteiger charge is -2.01. The van der Waals surface area contributed by atoms with Crippen molar-refractivity contribution in [3.63, 3.8) is 0 Å². The van der Waals surface area contributed by atoms with Gasteiger partial charge in [0.15, 0.2) is 6.61 Å². The molecule has 1 aromatic heterocycles. The number of rotatable bonds is 8. The zero-order valence-electron chi connectivity index (χ0n) is 11.0. The highest BCUT2D eigenvalue weighted by molar-refractivity contribution is 5.66. The van der Waals surface area contributed by atoms with E-state index in [1.807, 2.05) is 30.3 Å². The Morgan fingerprint density at radius 1 is 1.15 bits per heavy atom. The van der Waals surface area contributed by atoms with Gasteiger partial charge in [0, 0.05) is 12.8 Å². The lowest BCUT2D eigenvalue weighted by atomic mass is 10.2. The van der Waals surface area contributed by atoms with Crippen LogP contribution in [0.1, 0.15) is 31.0 Å². The Balaban J connectivity index is 1.73. The van der Waals surface area contributed by atoms with Crippen LogP contribution in [0.25, 0.3) is 0 Å². The van der Waals surface area contributed by atoms with Crippen LogP contribution in [0.15, 0.2) is 34.7 Å². The number of aryl methyl sites for hydroxylation is 1. The smallest absolute Gasteiger partial charge is 0.303 e. The molecule has 0 amide bonds. The molecule has 0 atom stereocenters. The number of hydrogen-bond donors (Lipinski definition) is 1. The number of ether oxygens (including phenoxy) is 1. The first-order chi connectivity index (χ1) is 9.74. The minimum absolute atomic E-state index is 0.165. The molecule has 0 saturated carbocycles. The van der Waals surface area contributed by atoms with Crippen LogP contribution in [-0.4, -0.2) is 21.3 Å². The molecule has 0 aliphatic carbocycles. The normalized spacial score (nSPS) is 10.4. The molecule has 1 N–H and O–H groups in total. The number of para-hydroxylation sites is 1. The number of carbonyl (C=O) groups is 1. The van der Waals surface area contributed by atoms with Gasteiger partial charge in [-0.05, 0) is 25.0 Å². The molecule has 0 aliphatic heterocycles. The van der Waals surface area contributed by atoms with Crippen molar-refractivity contribution in [3.8, 4) is 5.75 Å². The van der Waals surface area contributed by atoms with Crippen LogP contribution < -0.4 is 4.74 Å². The Morgan fingerprint density at radius 3 is 2.65 bits per heavy atom. The minimum Gasteiger partial charge on any atom is -0.484 e. The highest BCUT2D eigenvalue weighted by atomic mass is 16.5. The molecule has 2 aromatic rings. The van der Waals surface area contributed by atoms with Crippen LogP contribution in [0.3, 0.4) is 0 Å². The molecular weight excluding hydrogens is 260 g/mol. The second-order valence-electron chi connectivity index (χ2n) is 4.29. The van der Waals surface area contributed by atoms with E-state index >= 15 is 0 Å². The van der Waals surface area contributed by atoms with Gasteiger partial charge in [0.05, 0.1) is 0 Å². The van der Waals surface area contributed by atoms with Crippen molar-refractivity contribution in [2.45, 2.75) is 32.3 Å². The maximum atomic E-state index is 10.4. The maximum Gasteiger partial charge on any atom is 0.303 e. The summed E-state index contributed by atoms with van der Waals surface area (Å²) >= 11 is 0. The van der Waals surface area contributed by atoms with E-state index < -0.39 is 5.97 Å². The molecule has 1 aromatic carbocycles. The highest BCUT2D eigenvalue weighted by Gasteiger charge is 2.07. The van der Waals surface area contributed by atoms with Gasteiger partial charge in [0.1, 0.15) is 5.75 Å². The first kappa shape index (κ1) is 14.0. The fourth-order valence-electron chi connectivity index (χ4n) is 1.66. The number of carboxylic acids is 1. The molecule has 0 radical (unpaired) electrons. The summed E-state index contributed by atoms with van der Waals surface area (Å²) in [5, 5.41) is 16.3. The maximum absolute atomic E-state index is 10.4. The molecule has 0 fully saturated rings. The van der Waals surface area contributed by atoms with Gasteiger partial charge in [-0.1, -0.05) is 18.2 Å². The van der Waals surface area contributed by atoms with Crippen molar-refractivity contribution in [3.05, 3.63) is 42.1 Å². The Labute approximate surface area is 116 Å². The number of aliphatic carboxylic acids is 1. The molecule has 0 spiro atoms. The van der Waals surface area contributed by atoms with Gasteiger partial charge in [-0.25, -0.2) is 0 Å². The van der Waals surface area contributed by atoms with Crippen LogP contribution in [0.4, 0.5) is 0 Å². The van der Waals surface area contributed by atoms with Crippen molar-refractivity contribution in [2.75, 3.05) is 0 Å². The van der Waals surface area contributed by atoms with E-state index in [-0.39, 0.29) is 13.0 Å². The average Bonchev–Trinajstić information content (AvgIpc) is 2.90. The monoisotopic (exact) mass is 276 g/mol. The van der Waals surface area contributed by atoms with Crippen LogP contribution in [0.5, 0.6) is 5.75 Å². The number of hydrogen-bond acceptors (Lipinski definition) is 5. The third kappa shape index (κ3) is 4.72. The van der Waals surface area contributed by atoms with Gasteiger partial charge in [-0.3, -0.25) is 4.79 Å². The molecular formula is C14H16N2O4. The molecule has 6 heteroatoms. The molecule has 6 nitrogen and oxygen atoms in total. The molecule has 0 saturated heterocycles. The average molecular weight is 276 g/mol. The Hall–Kier alpha value is -2.37. The van der Waals surface area contributed by atoms with E-state index in [0.29, 0.717) is 31.0 Å². The summed E-state index contributed by atoms with van der Waals surface area (Å²) in [6.45, 7) is 0.228. The van der Waals surface area contributed by atoms with Crippen LogP contribution in [0, 0.1) is 0 Å². The van der Waals surface area contributed by atoms with Crippen LogP contribution in [-0.2, 0) is 17.8 Å². The highest BCUT2D eigenvalue weighted by Crippen LogP contribution is 2.12. The Kier molecular flexibility index (Phi) is 5.11. The van der Waals surface area contributed by atoms with Gasteiger partial charge in [0.2, 0.25) is 5.89 Å². The summed E-state index contributed by atoms with van der Waals surface area (Å²) in [7, 11) is 0. The first-order valence-electron chi connectivity index (χ1n) is 6.45. The number of carboxylic acid groups (broad SMARTS) is 1. The van der Waals surface area contributed by atoms with Gasteiger partial charge in [0.25, 0.3) is 5.89 Å². The van der Waals surface area contributed by atoms with E-state index in [1.165, 1.54) is 0 Å². The molecule has 1 heterocycles.